The summed E-state index contributed by atoms with van der Waals surface area (Å²) in [7, 11) is 0. The van der Waals surface area contributed by atoms with Crippen molar-refractivity contribution in [1.82, 2.24) is 15.5 Å². The van der Waals surface area contributed by atoms with E-state index in [-0.39, 0.29) is 6.04 Å². The first-order valence-electron chi connectivity index (χ1n) is 6.01. The van der Waals surface area contributed by atoms with Gasteiger partial charge < -0.3 is 9.84 Å². The van der Waals surface area contributed by atoms with Crippen LogP contribution in [0.4, 0.5) is 0 Å². The van der Waals surface area contributed by atoms with Gasteiger partial charge in [-0.1, -0.05) is 35.5 Å². The van der Waals surface area contributed by atoms with Crippen LogP contribution in [0, 0.1) is 0 Å². The fraction of sp³-hybridized carbons (Fsp3) is 0.385. The molecule has 1 aliphatic rings. The summed E-state index contributed by atoms with van der Waals surface area (Å²) in [5, 5.41) is 7.38. The molecular weight excluding hydrogens is 214 g/mol. The van der Waals surface area contributed by atoms with E-state index in [0.29, 0.717) is 0 Å². The number of hydrogen-bond acceptors (Lipinski definition) is 4. The maximum Gasteiger partial charge on any atom is 0.243 e. The normalized spacial score (nSPS) is 19.6. The lowest BCUT2D eigenvalue weighted by atomic mass is 10.1. The summed E-state index contributed by atoms with van der Waals surface area (Å²) in [4.78, 5) is 4.45. The van der Waals surface area contributed by atoms with Gasteiger partial charge in [0, 0.05) is 6.42 Å². The first kappa shape index (κ1) is 10.5. The monoisotopic (exact) mass is 229 g/mol. The van der Waals surface area contributed by atoms with Crippen molar-refractivity contribution in [2.45, 2.75) is 25.3 Å². The molecule has 1 atom stereocenters. The summed E-state index contributed by atoms with van der Waals surface area (Å²) in [6, 6.07) is 10.5. The lowest BCUT2D eigenvalue weighted by Crippen LogP contribution is -2.13. The second-order valence-electron chi connectivity index (χ2n) is 4.36. The predicted octanol–water partition coefficient (Wildman–Crippen LogP) is 2.08. The Hall–Kier alpha value is -1.68. The second-order valence-corrected chi connectivity index (χ2v) is 4.36. The van der Waals surface area contributed by atoms with Crippen LogP contribution in [-0.4, -0.2) is 16.7 Å². The summed E-state index contributed by atoms with van der Waals surface area (Å²) >= 11 is 0. The Morgan fingerprint density at radius 3 is 2.94 bits per heavy atom. The topological polar surface area (TPSA) is 51.0 Å². The molecule has 88 valence electrons. The molecule has 0 saturated carbocycles. The zero-order valence-electron chi connectivity index (χ0n) is 9.60. The highest BCUT2D eigenvalue weighted by Crippen LogP contribution is 2.21. The van der Waals surface area contributed by atoms with Crippen LogP contribution >= 0.6 is 0 Å². The van der Waals surface area contributed by atoms with Crippen LogP contribution in [0.1, 0.15) is 36.2 Å². The van der Waals surface area contributed by atoms with Crippen LogP contribution in [-0.2, 0) is 6.42 Å². The highest BCUT2D eigenvalue weighted by atomic mass is 16.5. The fourth-order valence-corrected chi connectivity index (χ4v) is 2.15. The van der Waals surface area contributed by atoms with E-state index in [0.717, 1.165) is 31.1 Å². The van der Waals surface area contributed by atoms with Gasteiger partial charge in [0.1, 0.15) is 0 Å². The molecule has 1 fully saturated rings. The maximum atomic E-state index is 5.30. The van der Waals surface area contributed by atoms with Crippen LogP contribution in [0.25, 0.3) is 0 Å². The fourth-order valence-electron chi connectivity index (χ4n) is 2.15. The molecule has 4 nitrogen and oxygen atoms in total. The SMILES string of the molecule is c1ccc(Cc2noc([C@H]3CCCN3)n2)cc1. The summed E-state index contributed by atoms with van der Waals surface area (Å²) in [6.07, 6.45) is 3.01. The molecule has 1 N–H and O–H groups in total. The number of hydrogen-bond donors (Lipinski definition) is 1. The Kier molecular flexibility index (Phi) is 2.88. The Morgan fingerprint density at radius 1 is 1.29 bits per heavy atom. The third kappa shape index (κ3) is 2.36. The molecule has 2 aromatic rings. The van der Waals surface area contributed by atoms with E-state index in [4.69, 9.17) is 4.52 Å². The Labute approximate surface area is 100 Å². The molecule has 0 bridgehead atoms. The standard InChI is InChI=1S/C13H15N3O/c1-2-5-10(6-3-1)9-12-15-13(17-16-12)11-7-4-8-14-11/h1-3,5-6,11,14H,4,7-9H2/t11-/m1/s1. The van der Waals surface area contributed by atoms with Crippen molar-refractivity contribution < 1.29 is 4.52 Å². The molecule has 0 aliphatic carbocycles. The van der Waals surface area contributed by atoms with Gasteiger partial charge in [0.05, 0.1) is 6.04 Å². The van der Waals surface area contributed by atoms with E-state index in [1.807, 2.05) is 18.2 Å². The van der Waals surface area contributed by atoms with Gasteiger partial charge in [-0.05, 0) is 24.9 Å². The van der Waals surface area contributed by atoms with Gasteiger partial charge in [0.25, 0.3) is 0 Å². The summed E-state index contributed by atoms with van der Waals surface area (Å²) in [6.45, 7) is 1.04. The Morgan fingerprint density at radius 2 is 2.18 bits per heavy atom. The highest BCUT2D eigenvalue weighted by Gasteiger charge is 2.22. The summed E-state index contributed by atoms with van der Waals surface area (Å²) < 4.78 is 5.30. The average Bonchev–Trinajstić information content (AvgIpc) is 3.00. The largest absolute Gasteiger partial charge is 0.338 e. The zero-order chi connectivity index (χ0) is 11.5. The Balaban J connectivity index is 1.72. The number of rotatable bonds is 3. The van der Waals surface area contributed by atoms with Crippen LogP contribution in [0.3, 0.4) is 0 Å². The van der Waals surface area contributed by atoms with Crippen molar-refractivity contribution in [1.29, 1.82) is 0 Å². The number of nitrogens with zero attached hydrogens (tertiary/aromatic N) is 2. The molecule has 0 amide bonds. The minimum Gasteiger partial charge on any atom is -0.338 e. The molecule has 2 heterocycles. The van der Waals surface area contributed by atoms with Crippen LogP contribution in [0.5, 0.6) is 0 Å². The van der Waals surface area contributed by atoms with E-state index in [9.17, 15) is 0 Å². The van der Waals surface area contributed by atoms with Gasteiger partial charge in [0.15, 0.2) is 5.82 Å². The number of nitrogens with one attached hydrogen (secondary N) is 1. The van der Waals surface area contributed by atoms with Gasteiger partial charge in [0.2, 0.25) is 5.89 Å². The van der Waals surface area contributed by atoms with Crippen molar-refractivity contribution in [2.24, 2.45) is 0 Å². The zero-order valence-corrected chi connectivity index (χ0v) is 9.60. The van der Waals surface area contributed by atoms with Crippen molar-refractivity contribution in [3.63, 3.8) is 0 Å². The van der Waals surface area contributed by atoms with Crippen molar-refractivity contribution in [3.05, 3.63) is 47.6 Å². The minimum atomic E-state index is 0.257. The summed E-state index contributed by atoms with van der Waals surface area (Å²) in [5.41, 5.74) is 1.21. The lowest BCUT2D eigenvalue weighted by molar-refractivity contribution is 0.341. The number of aromatic nitrogens is 2. The van der Waals surface area contributed by atoms with Crippen LogP contribution in [0.15, 0.2) is 34.9 Å². The third-order valence-corrected chi connectivity index (χ3v) is 3.05. The molecule has 0 unspecified atom stereocenters. The molecule has 1 aromatic carbocycles. The van der Waals surface area contributed by atoms with Crippen molar-refractivity contribution >= 4 is 0 Å². The molecule has 3 rings (SSSR count). The smallest absolute Gasteiger partial charge is 0.243 e. The van der Waals surface area contributed by atoms with Gasteiger partial charge in [-0.25, -0.2) is 0 Å². The van der Waals surface area contributed by atoms with Crippen molar-refractivity contribution in [2.75, 3.05) is 6.54 Å². The van der Waals surface area contributed by atoms with E-state index in [1.165, 1.54) is 12.0 Å². The minimum absolute atomic E-state index is 0.257. The van der Waals surface area contributed by atoms with E-state index in [1.54, 1.807) is 0 Å². The second kappa shape index (κ2) is 4.67. The van der Waals surface area contributed by atoms with Crippen molar-refractivity contribution in [3.8, 4) is 0 Å². The molecule has 0 spiro atoms. The van der Waals surface area contributed by atoms with E-state index < -0.39 is 0 Å². The molecule has 4 heteroatoms. The highest BCUT2D eigenvalue weighted by molar-refractivity contribution is 5.18. The first-order valence-corrected chi connectivity index (χ1v) is 6.01. The van der Waals surface area contributed by atoms with Gasteiger partial charge in [-0.2, -0.15) is 4.98 Å². The Bertz CT molecular complexity index is 474. The molecule has 1 aromatic heterocycles. The molecular formula is C13H15N3O. The maximum absolute atomic E-state index is 5.30. The van der Waals surface area contributed by atoms with Gasteiger partial charge in [-0.15, -0.1) is 0 Å². The lowest BCUT2D eigenvalue weighted by Gasteiger charge is -2.01. The molecule has 1 saturated heterocycles. The first-order chi connectivity index (χ1) is 8.42. The molecule has 17 heavy (non-hydrogen) atoms. The third-order valence-electron chi connectivity index (χ3n) is 3.05. The predicted molar refractivity (Wildman–Crippen MR) is 63.5 cm³/mol. The summed E-state index contributed by atoms with van der Waals surface area (Å²) in [5.74, 6) is 1.49. The molecule has 0 radical (unpaired) electrons. The van der Waals surface area contributed by atoms with E-state index in [2.05, 4.69) is 27.6 Å². The van der Waals surface area contributed by atoms with Gasteiger partial charge >= 0.3 is 0 Å². The average molecular weight is 229 g/mol. The van der Waals surface area contributed by atoms with Gasteiger partial charge in [-0.3, -0.25) is 0 Å². The quantitative estimate of drug-likeness (QED) is 0.875. The molecule has 1 aliphatic heterocycles. The van der Waals surface area contributed by atoms with Crippen LogP contribution < -0.4 is 5.32 Å². The van der Waals surface area contributed by atoms with Crippen LogP contribution in [0.2, 0.25) is 0 Å². The number of benzene rings is 1. The van der Waals surface area contributed by atoms with E-state index >= 15 is 0 Å².